The van der Waals surface area contributed by atoms with Gasteiger partial charge in [0, 0.05) is 39.3 Å². The molecule has 0 unspecified atom stereocenters. The minimum absolute atomic E-state index is 0.0889. The lowest BCUT2D eigenvalue weighted by molar-refractivity contribution is -0.130. The van der Waals surface area contributed by atoms with Crippen LogP contribution in [0, 0.1) is 5.92 Å². The number of hydrogen-bond donors (Lipinski definition) is 0. The van der Waals surface area contributed by atoms with Crippen molar-refractivity contribution in [3.63, 3.8) is 0 Å². The predicted octanol–water partition coefficient (Wildman–Crippen LogP) is 2.66. The number of anilines is 1. The molecule has 1 aliphatic carbocycles. The van der Waals surface area contributed by atoms with Crippen LogP contribution in [-0.2, 0) is 14.8 Å². The number of ether oxygens (including phenoxy) is 2. The Labute approximate surface area is 208 Å². The van der Waals surface area contributed by atoms with E-state index in [1.807, 2.05) is 11.8 Å². The molecule has 2 saturated heterocycles. The molecule has 202 valence electrons. The SMILES string of the molecule is CC1(OC(=O)N2CCC(COc3cnc(N4CCN(S(=O)(=O)CCC(F)(F)F)CC4)cn3)CC2)CC1. The number of aromatic nitrogens is 2. The highest BCUT2D eigenvalue weighted by Crippen LogP contribution is 2.39. The normalized spacial score (nSPS) is 21.3. The molecule has 3 fully saturated rings. The van der Waals surface area contributed by atoms with Gasteiger partial charge in [0.1, 0.15) is 11.4 Å². The zero-order valence-corrected chi connectivity index (χ0v) is 21.1. The van der Waals surface area contributed by atoms with Crippen LogP contribution in [0.15, 0.2) is 12.4 Å². The van der Waals surface area contributed by atoms with Gasteiger partial charge < -0.3 is 19.3 Å². The zero-order chi connectivity index (χ0) is 26.0. The second kappa shape index (κ2) is 10.6. The Bertz CT molecular complexity index is 1000. The highest BCUT2D eigenvalue weighted by molar-refractivity contribution is 7.89. The summed E-state index contributed by atoms with van der Waals surface area (Å²) >= 11 is 0. The lowest BCUT2D eigenvalue weighted by Crippen LogP contribution is -2.49. The second-order valence-electron chi connectivity index (χ2n) is 9.84. The number of rotatable bonds is 8. The van der Waals surface area contributed by atoms with E-state index in [0.29, 0.717) is 50.4 Å². The van der Waals surface area contributed by atoms with Crippen LogP contribution in [0.2, 0.25) is 0 Å². The smallest absolute Gasteiger partial charge is 0.410 e. The molecule has 1 amide bonds. The Morgan fingerprint density at radius 3 is 2.31 bits per heavy atom. The van der Waals surface area contributed by atoms with Crippen LogP contribution in [-0.4, -0.2) is 97.1 Å². The number of carbonyl (C=O) groups excluding carboxylic acids is 1. The van der Waals surface area contributed by atoms with Gasteiger partial charge >= 0.3 is 12.3 Å². The van der Waals surface area contributed by atoms with Gasteiger partial charge in [0.15, 0.2) is 0 Å². The molecule has 0 radical (unpaired) electrons. The maximum Gasteiger partial charge on any atom is 0.410 e. The topological polar surface area (TPSA) is 105 Å². The third-order valence-electron chi connectivity index (χ3n) is 6.84. The van der Waals surface area contributed by atoms with Crippen molar-refractivity contribution in [3.05, 3.63) is 12.4 Å². The van der Waals surface area contributed by atoms with Gasteiger partial charge in [-0.15, -0.1) is 0 Å². The molecule has 0 N–H and O–H groups in total. The first-order valence-corrected chi connectivity index (χ1v) is 13.8. The molecule has 1 saturated carbocycles. The van der Waals surface area contributed by atoms with E-state index < -0.39 is 28.4 Å². The Morgan fingerprint density at radius 1 is 1.08 bits per heavy atom. The fourth-order valence-electron chi connectivity index (χ4n) is 4.16. The predicted molar refractivity (Wildman–Crippen MR) is 124 cm³/mol. The molecule has 4 rings (SSSR count). The largest absolute Gasteiger partial charge is 0.476 e. The van der Waals surface area contributed by atoms with Gasteiger partial charge in [-0.05, 0) is 38.5 Å². The van der Waals surface area contributed by atoms with E-state index in [1.165, 1.54) is 6.20 Å². The Kier molecular flexibility index (Phi) is 7.83. The molecule has 3 aliphatic rings. The summed E-state index contributed by atoms with van der Waals surface area (Å²) in [6.07, 6.45) is 0.418. The molecule has 0 bridgehead atoms. The Hall–Kier alpha value is -2.35. The van der Waals surface area contributed by atoms with Gasteiger partial charge in [0.05, 0.1) is 31.2 Å². The van der Waals surface area contributed by atoms with Crippen molar-refractivity contribution in [2.45, 2.75) is 50.8 Å². The first kappa shape index (κ1) is 26.7. The lowest BCUT2D eigenvalue weighted by atomic mass is 9.98. The number of halogens is 3. The average molecular weight is 536 g/mol. The molecule has 3 heterocycles. The monoisotopic (exact) mass is 535 g/mol. The van der Waals surface area contributed by atoms with E-state index in [1.54, 1.807) is 11.1 Å². The number of piperazine rings is 1. The molecule has 0 aromatic carbocycles. The summed E-state index contributed by atoms with van der Waals surface area (Å²) in [5, 5.41) is 0. The van der Waals surface area contributed by atoms with Crippen LogP contribution in [0.3, 0.4) is 0 Å². The van der Waals surface area contributed by atoms with Crippen LogP contribution < -0.4 is 9.64 Å². The minimum Gasteiger partial charge on any atom is -0.476 e. The minimum atomic E-state index is -4.51. The number of amides is 1. The zero-order valence-electron chi connectivity index (χ0n) is 20.2. The van der Waals surface area contributed by atoms with Gasteiger partial charge in [-0.3, -0.25) is 0 Å². The summed E-state index contributed by atoms with van der Waals surface area (Å²) in [5.74, 6) is 0.270. The van der Waals surface area contributed by atoms with E-state index in [-0.39, 0.29) is 24.8 Å². The number of sulfonamides is 1. The highest BCUT2D eigenvalue weighted by Gasteiger charge is 2.43. The first-order valence-electron chi connectivity index (χ1n) is 12.1. The van der Waals surface area contributed by atoms with Crippen molar-refractivity contribution in [1.29, 1.82) is 0 Å². The fraction of sp³-hybridized carbons (Fsp3) is 0.773. The van der Waals surface area contributed by atoms with E-state index in [4.69, 9.17) is 9.47 Å². The van der Waals surface area contributed by atoms with Crippen LogP contribution in [0.25, 0.3) is 0 Å². The van der Waals surface area contributed by atoms with Gasteiger partial charge in [0.2, 0.25) is 15.9 Å². The van der Waals surface area contributed by atoms with Gasteiger partial charge in [-0.1, -0.05) is 0 Å². The number of likely N-dealkylation sites (tertiary alicyclic amines) is 1. The summed E-state index contributed by atoms with van der Waals surface area (Å²) in [4.78, 5) is 24.4. The fourth-order valence-corrected chi connectivity index (χ4v) is 5.62. The maximum atomic E-state index is 12.4. The molecule has 2 aliphatic heterocycles. The molecule has 0 atom stereocenters. The lowest BCUT2D eigenvalue weighted by Gasteiger charge is -2.34. The van der Waals surface area contributed by atoms with Crippen molar-refractivity contribution in [3.8, 4) is 5.88 Å². The summed E-state index contributed by atoms with van der Waals surface area (Å²) in [5.41, 5.74) is -0.274. The van der Waals surface area contributed by atoms with Gasteiger partial charge in [-0.2, -0.15) is 17.5 Å². The van der Waals surface area contributed by atoms with E-state index in [0.717, 1.165) is 30.0 Å². The third kappa shape index (κ3) is 7.34. The number of piperidine rings is 1. The van der Waals surface area contributed by atoms with E-state index in [9.17, 15) is 26.4 Å². The van der Waals surface area contributed by atoms with Crippen molar-refractivity contribution in [2.75, 3.05) is 56.5 Å². The molecular formula is C22H32F3N5O5S. The van der Waals surface area contributed by atoms with Crippen molar-refractivity contribution in [1.82, 2.24) is 19.2 Å². The van der Waals surface area contributed by atoms with Crippen molar-refractivity contribution >= 4 is 21.9 Å². The quantitative estimate of drug-likeness (QED) is 0.501. The summed E-state index contributed by atoms with van der Waals surface area (Å²) in [6.45, 7) is 4.46. The summed E-state index contributed by atoms with van der Waals surface area (Å²) in [7, 11) is -3.96. The molecule has 14 heteroatoms. The molecule has 1 aromatic heterocycles. The van der Waals surface area contributed by atoms with E-state index >= 15 is 0 Å². The van der Waals surface area contributed by atoms with Crippen molar-refractivity contribution in [2.24, 2.45) is 5.92 Å². The molecular weight excluding hydrogens is 503 g/mol. The number of nitrogens with zero attached hydrogens (tertiary/aromatic N) is 5. The van der Waals surface area contributed by atoms with Crippen LogP contribution >= 0.6 is 0 Å². The van der Waals surface area contributed by atoms with Crippen LogP contribution in [0.1, 0.15) is 39.0 Å². The second-order valence-corrected chi connectivity index (χ2v) is 11.9. The molecule has 1 aromatic rings. The summed E-state index contributed by atoms with van der Waals surface area (Å²) < 4.78 is 73.9. The molecule has 10 nitrogen and oxygen atoms in total. The van der Waals surface area contributed by atoms with E-state index in [2.05, 4.69) is 9.97 Å². The maximum absolute atomic E-state index is 12.4. The Morgan fingerprint density at radius 2 is 1.75 bits per heavy atom. The highest BCUT2D eigenvalue weighted by atomic mass is 32.2. The van der Waals surface area contributed by atoms with Crippen LogP contribution in [0.5, 0.6) is 5.88 Å². The van der Waals surface area contributed by atoms with Gasteiger partial charge in [0.25, 0.3) is 0 Å². The van der Waals surface area contributed by atoms with Crippen LogP contribution in [0.4, 0.5) is 23.8 Å². The first-order chi connectivity index (χ1) is 16.9. The number of carbonyl (C=O) groups is 1. The average Bonchev–Trinajstić information content (AvgIpc) is 3.58. The van der Waals surface area contributed by atoms with Crippen molar-refractivity contribution < 1.29 is 35.9 Å². The summed E-state index contributed by atoms with van der Waals surface area (Å²) in [6, 6.07) is 0. The third-order valence-corrected chi connectivity index (χ3v) is 8.71. The number of hydrogen-bond acceptors (Lipinski definition) is 8. The molecule has 0 spiro atoms. The number of alkyl halides is 3. The molecule has 36 heavy (non-hydrogen) atoms. The standard InChI is InChI=1S/C22H32F3N5O5S/c1-21(4-5-21)35-20(31)29-7-2-17(3-8-29)16-34-19-15-26-18(14-27-19)28-9-11-30(12-10-28)36(32,33)13-6-22(23,24)25/h14-15,17H,2-13,16H2,1H3. The Balaban J connectivity index is 1.17. The van der Waals surface area contributed by atoms with Gasteiger partial charge in [-0.25, -0.2) is 23.2 Å².